The van der Waals surface area contributed by atoms with Gasteiger partial charge in [0.15, 0.2) is 6.10 Å². The van der Waals surface area contributed by atoms with E-state index in [1.807, 2.05) is 11.0 Å². The molecule has 0 saturated carbocycles. The summed E-state index contributed by atoms with van der Waals surface area (Å²) < 4.78 is 18.6. The van der Waals surface area contributed by atoms with Crippen LogP contribution in [0.25, 0.3) is 6.08 Å². The number of halogens is 1. The van der Waals surface area contributed by atoms with E-state index in [0.29, 0.717) is 30.9 Å². The van der Waals surface area contributed by atoms with E-state index in [2.05, 4.69) is 0 Å². The van der Waals surface area contributed by atoms with Gasteiger partial charge >= 0.3 is 5.97 Å². The minimum Gasteiger partial charge on any atom is -0.478 e. The maximum absolute atomic E-state index is 13.3. The maximum atomic E-state index is 13.3. The minimum absolute atomic E-state index is 0.371. The van der Waals surface area contributed by atoms with E-state index >= 15 is 0 Å². The topological polar surface area (TPSA) is 73.6 Å². The maximum Gasteiger partial charge on any atom is 0.328 e. The average Bonchev–Trinajstić information content (AvgIpc) is 2.45. The average molecular weight is 276 g/mol. The third-order valence-corrected chi connectivity index (χ3v) is 2.95. The second-order valence-corrected chi connectivity index (χ2v) is 4.31. The van der Waals surface area contributed by atoms with Gasteiger partial charge < -0.3 is 14.7 Å². The monoisotopic (exact) mass is 276 g/mol. The van der Waals surface area contributed by atoms with E-state index in [4.69, 9.17) is 15.1 Å². The Kier molecular flexibility index (Phi) is 4.33. The summed E-state index contributed by atoms with van der Waals surface area (Å²) >= 11 is 0. The number of hydrogen-bond acceptors (Lipinski definition) is 4. The summed E-state index contributed by atoms with van der Waals surface area (Å²) in [5.41, 5.74) is 1.15. The number of carboxylic acid groups (broad SMARTS) is 1. The molecule has 1 fully saturated rings. The molecule has 2 rings (SSSR count). The fourth-order valence-electron chi connectivity index (χ4n) is 2.05. The second kappa shape index (κ2) is 6.17. The first-order chi connectivity index (χ1) is 9.60. The smallest absolute Gasteiger partial charge is 0.328 e. The Hall–Kier alpha value is -2.39. The van der Waals surface area contributed by atoms with Crippen LogP contribution in [-0.4, -0.2) is 36.9 Å². The summed E-state index contributed by atoms with van der Waals surface area (Å²) in [5, 5.41) is 17.6. The molecule has 20 heavy (non-hydrogen) atoms. The van der Waals surface area contributed by atoms with Crippen molar-refractivity contribution in [3.05, 3.63) is 35.7 Å². The molecule has 0 aromatic heterocycles. The lowest BCUT2D eigenvalue weighted by Gasteiger charge is -2.32. The molecule has 6 heteroatoms. The van der Waals surface area contributed by atoms with Crippen LogP contribution >= 0.6 is 0 Å². The Bertz CT molecular complexity index is 580. The fourth-order valence-corrected chi connectivity index (χ4v) is 2.05. The lowest BCUT2D eigenvalue weighted by atomic mass is 10.1. The van der Waals surface area contributed by atoms with Crippen molar-refractivity contribution in [2.45, 2.75) is 6.10 Å². The summed E-state index contributed by atoms with van der Waals surface area (Å²) in [6.45, 7) is 1.34. The van der Waals surface area contributed by atoms with Crippen LogP contribution in [-0.2, 0) is 9.53 Å². The highest BCUT2D eigenvalue weighted by molar-refractivity contribution is 5.87. The van der Waals surface area contributed by atoms with E-state index in [1.54, 1.807) is 6.07 Å². The Labute approximate surface area is 115 Å². The first-order valence-corrected chi connectivity index (χ1v) is 6.07. The van der Waals surface area contributed by atoms with Gasteiger partial charge in [0.1, 0.15) is 5.82 Å². The number of benzene rings is 1. The highest BCUT2D eigenvalue weighted by Gasteiger charge is 2.21. The van der Waals surface area contributed by atoms with Gasteiger partial charge in [-0.25, -0.2) is 9.18 Å². The molecule has 5 nitrogen and oxygen atoms in total. The molecule has 1 aliphatic rings. The third-order valence-electron chi connectivity index (χ3n) is 2.95. The molecular formula is C14H13FN2O3. The fraction of sp³-hybridized carbons (Fsp3) is 0.286. The molecule has 1 heterocycles. The van der Waals surface area contributed by atoms with Gasteiger partial charge in [0, 0.05) is 23.9 Å². The number of rotatable bonds is 3. The van der Waals surface area contributed by atoms with E-state index in [9.17, 15) is 9.18 Å². The standard InChI is InChI=1S/C14H13FN2O3/c15-11-2-3-13(10(7-11)1-4-14(18)19)17-5-6-20-12(8-16)9-17/h1-4,7,12H,5-6,9H2,(H,18,19). The molecule has 0 spiro atoms. The summed E-state index contributed by atoms with van der Waals surface area (Å²) in [5.74, 6) is -1.54. The van der Waals surface area contributed by atoms with E-state index in [1.165, 1.54) is 18.2 Å². The molecule has 0 amide bonds. The Morgan fingerprint density at radius 2 is 2.40 bits per heavy atom. The van der Waals surface area contributed by atoms with E-state index < -0.39 is 17.9 Å². The van der Waals surface area contributed by atoms with Crippen LogP contribution in [0, 0.1) is 17.1 Å². The van der Waals surface area contributed by atoms with Crippen LogP contribution in [0.15, 0.2) is 24.3 Å². The second-order valence-electron chi connectivity index (χ2n) is 4.31. The lowest BCUT2D eigenvalue weighted by molar-refractivity contribution is -0.131. The van der Waals surface area contributed by atoms with Gasteiger partial charge in [-0.05, 0) is 24.3 Å². The van der Waals surface area contributed by atoms with Crippen molar-refractivity contribution < 1.29 is 19.0 Å². The Morgan fingerprint density at radius 3 is 3.10 bits per heavy atom. The number of ether oxygens (including phenoxy) is 1. The largest absolute Gasteiger partial charge is 0.478 e. The molecule has 1 aliphatic heterocycles. The SMILES string of the molecule is N#CC1CN(c2ccc(F)cc2C=CC(=O)O)CCO1. The predicted octanol–water partition coefficient (Wildman–Crippen LogP) is 1.65. The molecule has 0 bridgehead atoms. The number of anilines is 1. The molecule has 1 unspecified atom stereocenters. The summed E-state index contributed by atoms with van der Waals surface area (Å²) in [7, 11) is 0. The van der Waals surface area contributed by atoms with Crippen molar-refractivity contribution in [1.29, 1.82) is 5.26 Å². The van der Waals surface area contributed by atoms with Crippen LogP contribution in [0.5, 0.6) is 0 Å². The number of aliphatic carboxylic acids is 1. The number of hydrogen-bond donors (Lipinski definition) is 1. The highest BCUT2D eigenvalue weighted by Crippen LogP contribution is 2.25. The van der Waals surface area contributed by atoms with Gasteiger partial charge in [-0.2, -0.15) is 5.26 Å². The van der Waals surface area contributed by atoms with Gasteiger partial charge in [-0.1, -0.05) is 0 Å². The Balaban J connectivity index is 2.31. The van der Waals surface area contributed by atoms with Crippen molar-refractivity contribution in [1.82, 2.24) is 0 Å². The first kappa shape index (κ1) is 14.0. The number of nitrogens with zero attached hydrogens (tertiary/aromatic N) is 2. The predicted molar refractivity (Wildman–Crippen MR) is 70.6 cm³/mol. The molecule has 0 aliphatic carbocycles. The van der Waals surface area contributed by atoms with Gasteiger partial charge in [0.25, 0.3) is 0 Å². The van der Waals surface area contributed by atoms with Crippen molar-refractivity contribution in [3.8, 4) is 6.07 Å². The number of carbonyl (C=O) groups is 1. The molecule has 0 radical (unpaired) electrons. The van der Waals surface area contributed by atoms with Crippen molar-refractivity contribution in [2.24, 2.45) is 0 Å². The molecule has 1 N–H and O–H groups in total. The number of carboxylic acids is 1. The minimum atomic E-state index is -1.10. The summed E-state index contributed by atoms with van der Waals surface area (Å²) in [4.78, 5) is 12.5. The van der Waals surface area contributed by atoms with Gasteiger partial charge in [0.2, 0.25) is 0 Å². The van der Waals surface area contributed by atoms with Gasteiger partial charge in [-0.15, -0.1) is 0 Å². The van der Waals surface area contributed by atoms with Crippen molar-refractivity contribution in [2.75, 3.05) is 24.6 Å². The van der Waals surface area contributed by atoms with E-state index in [-0.39, 0.29) is 0 Å². The summed E-state index contributed by atoms with van der Waals surface area (Å²) in [6.07, 6.45) is 1.77. The normalized spacial score (nSPS) is 19.0. The highest BCUT2D eigenvalue weighted by atomic mass is 19.1. The molecule has 1 saturated heterocycles. The molecular weight excluding hydrogens is 263 g/mol. The molecule has 1 aromatic rings. The van der Waals surface area contributed by atoms with Gasteiger partial charge in [0.05, 0.1) is 19.2 Å². The van der Waals surface area contributed by atoms with Crippen molar-refractivity contribution >= 4 is 17.7 Å². The number of morpholine rings is 1. The first-order valence-electron chi connectivity index (χ1n) is 6.07. The summed E-state index contributed by atoms with van der Waals surface area (Å²) in [6, 6.07) is 6.19. The van der Waals surface area contributed by atoms with Crippen molar-refractivity contribution in [3.63, 3.8) is 0 Å². The molecule has 1 atom stereocenters. The van der Waals surface area contributed by atoms with Crippen LogP contribution in [0.4, 0.5) is 10.1 Å². The van der Waals surface area contributed by atoms with Gasteiger partial charge in [-0.3, -0.25) is 0 Å². The lowest BCUT2D eigenvalue weighted by Crippen LogP contribution is -2.42. The van der Waals surface area contributed by atoms with Crippen LogP contribution in [0.1, 0.15) is 5.56 Å². The van der Waals surface area contributed by atoms with E-state index in [0.717, 1.165) is 6.08 Å². The quantitative estimate of drug-likeness (QED) is 0.850. The molecule has 104 valence electrons. The Morgan fingerprint density at radius 1 is 1.60 bits per heavy atom. The van der Waals surface area contributed by atoms with Crippen LogP contribution < -0.4 is 4.90 Å². The zero-order chi connectivity index (χ0) is 14.5. The molecule has 1 aromatic carbocycles. The zero-order valence-corrected chi connectivity index (χ0v) is 10.6. The third kappa shape index (κ3) is 3.33. The zero-order valence-electron chi connectivity index (χ0n) is 10.6. The van der Waals surface area contributed by atoms with Crippen LogP contribution in [0.2, 0.25) is 0 Å². The number of nitriles is 1. The van der Waals surface area contributed by atoms with Crippen LogP contribution in [0.3, 0.4) is 0 Å².